The zero-order chi connectivity index (χ0) is 12.7. The van der Waals surface area contributed by atoms with E-state index in [2.05, 4.69) is 65.3 Å². The quantitative estimate of drug-likeness (QED) is 0.706. The largest absolute Gasteiger partial charge is 0.0779 e. The van der Waals surface area contributed by atoms with E-state index in [9.17, 15) is 0 Å². The van der Waals surface area contributed by atoms with Crippen molar-refractivity contribution in [3.05, 3.63) is 23.3 Å². The normalized spacial score (nSPS) is 13.0. The van der Waals surface area contributed by atoms with Gasteiger partial charge in [0.15, 0.2) is 0 Å². The Kier molecular flexibility index (Phi) is 3.56. The van der Waals surface area contributed by atoms with Gasteiger partial charge in [-0.3, -0.25) is 0 Å². The molecule has 1 rings (SSSR count). The Labute approximate surface area is 103 Å². The van der Waals surface area contributed by atoms with Crippen molar-refractivity contribution >= 4 is 26.5 Å². The van der Waals surface area contributed by atoms with Gasteiger partial charge in [0.1, 0.15) is 0 Å². The van der Waals surface area contributed by atoms with Crippen LogP contribution in [0.4, 0.5) is 0 Å². The van der Waals surface area contributed by atoms with Crippen LogP contribution >= 0.6 is 0 Å². The standard InChI is InChI=1S/C14H26Si2/c1-11-9-14(16(6,7)8)12(2)10-13(11)15(3,4)5/h9-10H,1-8H3. The van der Waals surface area contributed by atoms with Gasteiger partial charge < -0.3 is 0 Å². The first-order valence-electron chi connectivity index (χ1n) is 6.15. The molecule has 0 bridgehead atoms. The maximum absolute atomic E-state index is 2.47. The third kappa shape index (κ3) is 2.86. The van der Waals surface area contributed by atoms with Gasteiger partial charge in [0.05, 0.1) is 16.1 Å². The average molecular weight is 251 g/mol. The molecule has 0 heterocycles. The first-order chi connectivity index (χ1) is 7.03. The van der Waals surface area contributed by atoms with Crippen LogP contribution in [0.25, 0.3) is 0 Å². The van der Waals surface area contributed by atoms with Gasteiger partial charge in [0.2, 0.25) is 0 Å². The molecule has 90 valence electrons. The Hall–Kier alpha value is -0.346. The second-order valence-electron chi connectivity index (χ2n) is 6.98. The van der Waals surface area contributed by atoms with E-state index in [4.69, 9.17) is 0 Å². The second-order valence-corrected chi connectivity index (χ2v) is 17.1. The van der Waals surface area contributed by atoms with Crippen molar-refractivity contribution in [1.29, 1.82) is 0 Å². The monoisotopic (exact) mass is 250 g/mol. The number of aryl methyl sites for hydroxylation is 2. The summed E-state index contributed by atoms with van der Waals surface area (Å²) in [7, 11) is -2.35. The van der Waals surface area contributed by atoms with Gasteiger partial charge in [-0.1, -0.05) is 72.9 Å². The molecule has 0 atom stereocenters. The molecule has 0 aliphatic heterocycles. The van der Waals surface area contributed by atoms with E-state index >= 15 is 0 Å². The Morgan fingerprint density at radius 2 is 0.875 bits per heavy atom. The van der Waals surface area contributed by atoms with E-state index in [0.29, 0.717) is 0 Å². The van der Waals surface area contributed by atoms with Crippen LogP contribution in [0.2, 0.25) is 39.3 Å². The maximum atomic E-state index is 2.47. The zero-order valence-electron chi connectivity index (χ0n) is 12.2. The van der Waals surface area contributed by atoms with Crippen molar-refractivity contribution in [3.8, 4) is 0 Å². The lowest BCUT2D eigenvalue weighted by atomic mass is 10.2. The third-order valence-electron chi connectivity index (χ3n) is 3.19. The van der Waals surface area contributed by atoms with E-state index in [1.165, 1.54) is 11.1 Å². The molecule has 0 fully saturated rings. The summed E-state index contributed by atoms with van der Waals surface area (Å²) in [4.78, 5) is 0. The lowest BCUT2D eigenvalue weighted by Crippen LogP contribution is -2.45. The van der Waals surface area contributed by atoms with Gasteiger partial charge in [-0.25, -0.2) is 0 Å². The first kappa shape index (κ1) is 13.7. The number of rotatable bonds is 2. The molecule has 2 heteroatoms. The van der Waals surface area contributed by atoms with Crippen LogP contribution in [0.15, 0.2) is 12.1 Å². The molecular weight excluding hydrogens is 224 g/mol. The average Bonchev–Trinajstić information content (AvgIpc) is 2.04. The number of hydrogen-bond donors (Lipinski definition) is 0. The fourth-order valence-electron chi connectivity index (χ4n) is 2.43. The Bertz CT molecular complexity index is 353. The molecule has 16 heavy (non-hydrogen) atoms. The third-order valence-corrected chi connectivity index (χ3v) is 7.50. The molecule has 1 aromatic rings. The second kappa shape index (κ2) is 4.15. The van der Waals surface area contributed by atoms with Crippen LogP contribution in [-0.2, 0) is 0 Å². The molecule has 0 radical (unpaired) electrons. The molecule has 0 amide bonds. The lowest BCUT2D eigenvalue weighted by molar-refractivity contribution is 1.43. The van der Waals surface area contributed by atoms with Crippen LogP contribution in [0.1, 0.15) is 11.1 Å². The maximum Gasteiger partial charge on any atom is 0.0779 e. The summed E-state index contributed by atoms with van der Waals surface area (Å²) in [5.41, 5.74) is 3.03. The summed E-state index contributed by atoms with van der Waals surface area (Å²) >= 11 is 0. The van der Waals surface area contributed by atoms with Gasteiger partial charge in [0.25, 0.3) is 0 Å². The molecule has 0 N–H and O–H groups in total. The van der Waals surface area contributed by atoms with Crippen LogP contribution < -0.4 is 10.4 Å². The number of benzene rings is 1. The molecule has 0 saturated carbocycles. The topological polar surface area (TPSA) is 0 Å². The van der Waals surface area contributed by atoms with E-state index in [-0.39, 0.29) is 0 Å². The molecule has 0 spiro atoms. The van der Waals surface area contributed by atoms with E-state index in [0.717, 1.165) is 0 Å². The van der Waals surface area contributed by atoms with Crippen LogP contribution in [0.5, 0.6) is 0 Å². The fraction of sp³-hybridized carbons (Fsp3) is 0.571. The van der Waals surface area contributed by atoms with Crippen LogP contribution in [0.3, 0.4) is 0 Å². The lowest BCUT2D eigenvalue weighted by Gasteiger charge is -2.26. The van der Waals surface area contributed by atoms with Crippen LogP contribution in [-0.4, -0.2) is 16.1 Å². The molecular formula is C14H26Si2. The Balaban J connectivity index is 3.40. The smallest absolute Gasteiger partial charge is 0.0656 e. The summed E-state index contributed by atoms with van der Waals surface area (Å²) in [5.74, 6) is 0. The molecule has 0 aliphatic rings. The highest BCUT2D eigenvalue weighted by Crippen LogP contribution is 2.12. The molecule has 0 saturated heterocycles. The van der Waals surface area contributed by atoms with Gasteiger partial charge in [0, 0.05) is 0 Å². The van der Waals surface area contributed by atoms with Crippen molar-refractivity contribution in [2.24, 2.45) is 0 Å². The van der Waals surface area contributed by atoms with Gasteiger partial charge >= 0.3 is 0 Å². The van der Waals surface area contributed by atoms with E-state index in [1.54, 1.807) is 10.4 Å². The van der Waals surface area contributed by atoms with Crippen molar-refractivity contribution in [1.82, 2.24) is 0 Å². The predicted molar refractivity (Wildman–Crippen MR) is 81.9 cm³/mol. The van der Waals surface area contributed by atoms with Crippen LogP contribution in [0, 0.1) is 13.8 Å². The van der Waals surface area contributed by atoms with E-state index in [1.807, 2.05) is 0 Å². The minimum atomic E-state index is -1.18. The highest BCUT2D eigenvalue weighted by atomic mass is 28.3. The zero-order valence-corrected chi connectivity index (χ0v) is 14.2. The fourth-order valence-corrected chi connectivity index (χ4v) is 6.24. The molecule has 0 aromatic heterocycles. The van der Waals surface area contributed by atoms with Gasteiger partial charge in [-0.05, 0) is 13.8 Å². The van der Waals surface area contributed by atoms with Crippen molar-refractivity contribution < 1.29 is 0 Å². The highest BCUT2D eigenvalue weighted by molar-refractivity contribution is 6.90. The minimum absolute atomic E-state index is 1.18. The molecule has 0 nitrogen and oxygen atoms in total. The van der Waals surface area contributed by atoms with Crippen molar-refractivity contribution in [3.63, 3.8) is 0 Å². The molecule has 0 aliphatic carbocycles. The first-order valence-corrected chi connectivity index (χ1v) is 13.2. The highest BCUT2D eigenvalue weighted by Gasteiger charge is 2.24. The Morgan fingerprint density at radius 1 is 0.625 bits per heavy atom. The summed E-state index contributed by atoms with van der Waals surface area (Å²) < 4.78 is 0. The summed E-state index contributed by atoms with van der Waals surface area (Å²) in [6.07, 6.45) is 0. The molecule has 1 aromatic carbocycles. The van der Waals surface area contributed by atoms with Crippen molar-refractivity contribution in [2.75, 3.05) is 0 Å². The summed E-state index contributed by atoms with van der Waals surface area (Å²) in [6, 6.07) is 4.93. The molecule has 0 unspecified atom stereocenters. The SMILES string of the molecule is Cc1cc([Si](C)(C)C)c(C)cc1[Si](C)(C)C. The van der Waals surface area contributed by atoms with E-state index < -0.39 is 16.1 Å². The van der Waals surface area contributed by atoms with Crippen molar-refractivity contribution in [2.45, 2.75) is 53.1 Å². The summed E-state index contributed by atoms with van der Waals surface area (Å²) in [5, 5.41) is 3.26. The minimum Gasteiger partial charge on any atom is -0.0656 e. The van der Waals surface area contributed by atoms with Gasteiger partial charge in [-0.2, -0.15) is 0 Å². The summed E-state index contributed by atoms with van der Waals surface area (Å²) in [6.45, 7) is 19.2. The predicted octanol–water partition coefficient (Wildman–Crippen LogP) is 3.39. The number of hydrogen-bond acceptors (Lipinski definition) is 0. The Morgan fingerprint density at radius 3 is 1.06 bits per heavy atom. The van der Waals surface area contributed by atoms with Gasteiger partial charge in [-0.15, -0.1) is 0 Å².